The Labute approximate surface area is 111 Å². The van der Waals surface area contributed by atoms with Gasteiger partial charge in [0, 0.05) is 0 Å². The number of aromatic carboxylic acids is 1. The number of halogens is 1. The fourth-order valence-electron chi connectivity index (χ4n) is 1.37. The first-order valence-electron chi connectivity index (χ1n) is 5.12. The Hall–Kier alpha value is -2.35. The lowest BCUT2D eigenvalue weighted by Crippen LogP contribution is -2.13. The standard InChI is InChI=1S/C11H8FN3O3S/c1-5-9(19-15-14-5)10(16)13-8-3-2-6(11(17)18)4-7(8)12/h2-4H,1H3,(H,13,16)(H,17,18). The number of nitrogens with zero attached hydrogens (tertiary/aromatic N) is 2. The summed E-state index contributed by atoms with van der Waals surface area (Å²) in [6, 6.07) is 3.25. The molecule has 0 spiro atoms. The fraction of sp³-hybridized carbons (Fsp3) is 0.0909. The summed E-state index contributed by atoms with van der Waals surface area (Å²) in [7, 11) is 0. The summed E-state index contributed by atoms with van der Waals surface area (Å²) >= 11 is 0.901. The van der Waals surface area contributed by atoms with Crippen LogP contribution in [0, 0.1) is 12.7 Å². The average Bonchev–Trinajstić information content (AvgIpc) is 2.77. The lowest BCUT2D eigenvalue weighted by Gasteiger charge is -2.05. The van der Waals surface area contributed by atoms with E-state index in [1.807, 2.05) is 0 Å². The van der Waals surface area contributed by atoms with E-state index in [2.05, 4.69) is 14.9 Å². The van der Waals surface area contributed by atoms with Crippen LogP contribution in [0.3, 0.4) is 0 Å². The summed E-state index contributed by atoms with van der Waals surface area (Å²) in [6.07, 6.45) is 0. The van der Waals surface area contributed by atoms with Crippen LogP contribution in [0.4, 0.5) is 10.1 Å². The number of aromatic nitrogens is 2. The maximum absolute atomic E-state index is 13.6. The molecule has 2 aromatic rings. The SMILES string of the molecule is Cc1nnsc1C(=O)Nc1ccc(C(=O)O)cc1F. The number of carboxylic acids is 1. The van der Waals surface area contributed by atoms with E-state index >= 15 is 0 Å². The molecule has 0 bridgehead atoms. The minimum absolute atomic E-state index is 0.0946. The van der Waals surface area contributed by atoms with E-state index in [0.717, 1.165) is 17.6 Å². The molecule has 0 saturated carbocycles. The van der Waals surface area contributed by atoms with Gasteiger partial charge in [0.1, 0.15) is 10.7 Å². The number of nitrogens with one attached hydrogen (secondary N) is 1. The van der Waals surface area contributed by atoms with Crippen LogP contribution in [-0.2, 0) is 0 Å². The molecule has 1 heterocycles. The molecule has 98 valence electrons. The van der Waals surface area contributed by atoms with Crippen molar-refractivity contribution in [3.05, 3.63) is 40.2 Å². The van der Waals surface area contributed by atoms with Crippen molar-refractivity contribution in [3.8, 4) is 0 Å². The zero-order valence-electron chi connectivity index (χ0n) is 9.68. The zero-order valence-corrected chi connectivity index (χ0v) is 10.5. The number of carbonyl (C=O) groups excluding carboxylic acids is 1. The van der Waals surface area contributed by atoms with Crippen molar-refractivity contribution in [3.63, 3.8) is 0 Å². The van der Waals surface area contributed by atoms with E-state index in [9.17, 15) is 14.0 Å². The molecular weight excluding hydrogens is 273 g/mol. The summed E-state index contributed by atoms with van der Waals surface area (Å²) in [4.78, 5) is 22.7. The van der Waals surface area contributed by atoms with Crippen molar-refractivity contribution in [1.82, 2.24) is 9.59 Å². The van der Waals surface area contributed by atoms with Gasteiger partial charge in [-0.05, 0) is 36.7 Å². The normalized spacial score (nSPS) is 10.2. The fourth-order valence-corrected chi connectivity index (χ4v) is 1.92. The van der Waals surface area contributed by atoms with Crippen LogP contribution in [0.5, 0.6) is 0 Å². The van der Waals surface area contributed by atoms with Gasteiger partial charge in [0.05, 0.1) is 16.9 Å². The highest BCUT2D eigenvalue weighted by molar-refractivity contribution is 7.08. The highest BCUT2D eigenvalue weighted by atomic mass is 32.1. The summed E-state index contributed by atoms with van der Waals surface area (Å²) in [5.41, 5.74) is 0.166. The van der Waals surface area contributed by atoms with Crippen LogP contribution in [0.2, 0.25) is 0 Å². The van der Waals surface area contributed by atoms with Gasteiger partial charge in [-0.15, -0.1) is 5.10 Å². The van der Waals surface area contributed by atoms with Crippen molar-refractivity contribution in [2.45, 2.75) is 6.92 Å². The smallest absolute Gasteiger partial charge is 0.335 e. The highest BCUT2D eigenvalue weighted by Crippen LogP contribution is 2.18. The van der Waals surface area contributed by atoms with E-state index in [-0.39, 0.29) is 16.1 Å². The lowest BCUT2D eigenvalue weighted by molar-refractivity contribution is 0.0696. The number of aryl methyl sites for hydroxylation is 1. The molecule has 8 heteroatoms. The first-order chi connectivity index (χ1) is 8.99. The Kier molecular flexibility index (Phi) is 3.52. The van der Waals surface area contributed by atoms with Gasteiger partial charge < -0.3 is 10.4 Å². The van der Waals surface area contributed by atoms with Crippen molar-refractivity contribution in [1.29, 1.82) is 0 Å². The van der Waals surface area contributed by atoms with Gasteiger partial charge in [-0.25, -0.2) is 9.18 Å². The van der Waals surface area contributed by atoms with E-state index in [4.69, 9.17) is 5.11 Å². The first kappa shape index (κ1) is 13.1. The first-order valence-corrected chi connectivity index (χ1v) is 5.89. The van der Waals surface area contributed by atoms with Gasteiger partial charge in [0.25, 0.3) is 5.91 Å². The molecule has 6 nitrogen and oxygen atoms in total. The third-order valence-corrected chi connectivity index (χ3v) is 3.15. The molecule has 1 amide bonds. The van der Waals surface area contributed by atoms with Gasteiger partial charge in [0.2, 0.25) is 0 Å². The van der Waals surface area contributed by atoms with Crippen molar-refractivity contribution in [2.75, 3.05) is 5.32 Å². The molecule has 2 N–H and O–H groups in total. The summed E-state index contributed by atoms with van der Waals surface area (Å²) in [5, 5.41) is 14.7. The quantitative estimate of drug-likeness (QED) is 0.896. The number of rotatable bonds is 3. The zero-order chi connectivity index (χ0) is 14.0. The minimum atomic E-state index is -1.24. The van der Waals surface area contributed by atoms with E-state index in [1.54, 1.807) is 6.92 Å². The predicted molar refractivity (Wildman–Crippen MR) is 66.0 cm³/mol. The van der Waals surface area contributed by atoms with Gasteiger partial charge in [-0.3, -0.25) is 4.79 Å². The second-order valence-electron chi connectivity index (χ2n) is 3.64. The average molecular weight is 281 g/mol. The van der Waals surface area contributed by atoms with E-state index in [1.165, 1.54) is 12.1 Å². The number of carbonyl (C=O) groups is 2. The predicted octanol–water partition coefficient (Wildman–Crippen LogP) is 1.94. The molecule has 0 aliphatic carbocycles. The van der Waals surface area contributed by atoms with Crippen LogP contribution >= 0.6 is 11.5 Å². The number of hydrogen-bond donors (Lipinski definition) is 2. The molecule has 1 aromatic heterocycles. The Morgan fingerprint density at radius 1 is 1.42 bits per heavy atom. The molecule has 0 aliphatic heterocycles. The molecule has 0 unspecified atom stereocenters. The Balaban J connectivity index is 2.23. The van der Waals surface area contributed by atoms with Crippen LogP contribution in [0.25, 0.3) is 0 Å². The van der Waals surface area contributed by atoms with Crippen molar-refractivity contribution in [2.24, 2.45) is 0 Å². The summed E-state index contributed by atoms with van der Waals surface area (Å²) in [5.74, 6) is -2.59. The monoisotopic (exact) mass is 281 g/mol. The largest absolute Gasteiger partial charge is 0.478 e. The summed E-state index contributed by atoms with van der Waals surface area (Å²) in [6.45, 7) is 1.61. The molecule has 0 radical (unpaired) electrons. The number of carboxylic acid groups (broad SMARTS) is 1. The molecule has 0 aliphatic rings. The number of amides is 1. The van der Waals surface area contributed by atoms with Crippen LogP contribution in [0.1, 0.15) is 25.7 Å². The van der Waals surface area contributed by atoms with Gasteiger partial charge >= 0.3 is 5.97 Å². The maximum atomic E-state index is 13.6. The topological polar surface area (TPSA) is 92.2 Å². The third-order valence-electron chi connectivity index (χ3n) is 2.32. The Bertz CT molecular complexity index is 656. The molecular formula is C11H8FN3O3S. The van der Waals surface area contributed by atoms with Gasteiger partial charge in [-0.2, -0.15) is 0 Å². The number of hydrogen-bond acceptors (Lipinski definition) is 5. The third kappa shape index (κ3) is 2.74. The molecule has 2 rings (SSSR count). The molecule has 0 saturated heterocycles. The molecule has 19 heavy (non-hydrogen) atoms. The Morgan fingerprint density at radius 3 is 2.68 bits per heavy atom. The molecule has 1 aromatic carbocycles. The highest BCUT2D eigenvalue weighted by Gasteiger charge is 2.16. The number of benzene rings is 1. The Morgan fingerprint density at radius 2 is 2.16 bits per heavy atom. The van der Waals surface area contributed by atoms with Gasteiger partial charge in [0.15, 0.2) is 0 Å². The van der Waals surface area contributed by atoms with Crippen LogP contribution in [0.15, 0.2) is 18.2 Å². The maximum Gasteiger partial charge on any atom is 0.335 e. The molecule has 0 atom stereocenters. The van der Waals surface area contributed by atoms with E-state index < -0.39 is 17.7 Å². The second kappa shape index (κ2) is 5.11. The second-order valence-corrected chi connectivity index (χ2v) is 4.40. The van der Waals surface area contributed by atoms with Crippen molar-refractivity contribution < 1.29 is 19.1 Å². The minimum Gasteiger partial charge on any atom is -0.478 e. The van der Waals surface area contributed by atoms with Gasteiger partial charge in [-0.1, -0.05) is 4.49 Å². The number of anilines is 1. The lowest BCUT2D eigenvalue weighted by atomic mass is 10.2. The summed E-state index contributed by atoms with van der Waals surface area (Å²) < 4.78 is 17.2. The molecule has 0 fully saturated rings. The van der Waals surface area contributed by atoms with Crippen molar-refractivity contribution >= 4 is 29.1 Å². The van der Waals surface area contributed by atoms with Crippen LogP contribution < -0.4 is 5.32 Å². The van der Waals surface area contributed by atoms with E-state index in [0.29, 0.717) is 5.69 Å². The van der Waals surface area contributed by atoms with Crippen LogP contribution in [-0.4, -0.2) is 26.6 Å².